The zero-order valence-corrected chi connectivity index (χ0v) is 9.23. The Morgan fingerprint density at radius 3 is 2.62 bits per heavy atom. The van der Waals surface area contributed by atoms with Gasteiger partial charge in [-0.25, -0.2) is 0 Å². The van der Waals surface area contributed by atoms with E-state index in [1.807, 2.05) is 0 Å². The molecule has 0 aromatic heterocycles. The highest BCUT2D eigenvalue weighted by Gasteiger charge is 1.91. The first-order chi connectivity index (χ1) is 3.81. The molecule has 50 valence electrons. The molecular formula is C5H14INSi. The quantitative estimate of drug-likeness (QED) is 0.407. The highest BCUT2D eigenvalue weighted by Crippen LogP contribution is 1.91. The van der Waals surface area contributed by atoms with Gasteiger partial charge in [-0.1, -0.05) is 13.3 Å². The fraction of sp³-hybridized carbons (Fsp3) is 1.00. The smallest absolute Gasteiger partial charge is 0.165 e. The van der Waals surface area contributed by atoms with Crippen molar-refractivity contribution in [3.05, 3.63) is 0 Å². The number of hydrogen-bond donors (Lipinski definition) is 0. The molecule has 0 aliphatic carbocycles. The van der Waals surface area contributed by atoms with Crippen LogP contribution in [0.4, 0.5) is 0 Å². The summed E-state index contributed by atoms with van der Waals surface area (Å²) in [4.78, 5) is 0. The molecule has 0 unspecified atom stereocenters. The molecule has 8 heavy (non-hydrogen) atoms. The minimum atomic E-state index is 0.121. The third-order valence-corrected chi connectivity index (χ3v) is 5.32. The fourth-order valence-electron chi connectivity index (χ4n) is 0.488. The Morgan fingerprint density at radius 1 is 1.62 bits per heavy atom. The summed E-state index contributed by atoms with van der Waals surface area (Å²) in [6.45, 7) is 3.55. The van der Waals surface area contributed by atoms with Crippen molar-refractivity contribution in [2.24, 2.45) is 0 Å². The molecule has 1 nitrogen and oxygen atoms in total. The van der Waals surface area contributed by atoms with Gasteiger partial charge in [0.15, 0.2) is 7.18 Å². The van der Waals surface area contributed by atoms with Crippen LogP contribution in [0.2, 0.25) is 0 Å². The number of halogens is 1. The van der Waals surface area contributed by atoms with Crippen LogP contribution < -0.4 is 0 Å². The number of hydrogen-bond acceptors (Lipinski definition) is 1. The number of rotatable bonds is 4. The number of nitrogens with zero attached hydrogens (tertiary/aromatic N) is 1. The third-order valence-electron chi connectivity index (χ3n) is 1.10. The average Bonchev–Trinajstić information content (AvgIpc) is 1.83. The lowest BCUT2D eigenvalue weighted by atomic mass is 10.3. The second kappa shape index (κ2) is 6.03. The molecule has 0 saturated carbocycles. The Labute approximate surface area is 66.9 Å². The van der Waals surface area contributed by atoms with Crippen molar-refractivity contribution < 1.29 is 0 Å². The Hall–Kier alpha value is 0.907. The van der Waals surface area contributed by atoms with E-state index in [-0.39, 0.29) is 7.18 Å². The van der Waals surface area contributed by atoms with E-state index in [2.05, 4.69) is 40.3 Å². The lowest BCUT2D eigenvalue weighted by Gasteiger charge is -2.10. The van der Waals surface area contributed by atoms with Crippen molar-refractivity contribution in [1.29, 1.82) is 0 Å². The van der Waals surface area contributed by atoms with Crippen LogP contribution in [-0.2, 0) is 0 Å². The summed E-state index contributed by atoms with van der Waals surface area (Å²) in [5.74, 6) is 0. The summed E-state index contributed by atoms with van der Waals surface area (Å²) >= 11 is 2.52. The van der Waals surface area contributed by atoms with Crippen LogP contribution >= 0.6 is 21.8 Å². The zero-order valence-electron chi connectivity index (χ0n) is 5.65. The molecule has 0 spiro atoms. The summed E-state index contributed by atoms with van der Waals surface area (Å²) in [5, 5.41) is 0. The van der Waals surface area contributed by atoms with Gasteiger partial charge >= 0.3 is 0 Å². The van der Waals surface area contributed by atoms with E-state index in [9.17, 15) is 0 Å². The van der Waals surface area contributed by atoms with Gasteiger partial charge in [0.2, 0.25) is 0 Å². The molecule has 0 amide bonds. The van der Waals surface area contributed by atoms with Crippen LogP contribution in [0.5, 0.6) is 0 Å². The fourth-order valence-corrected chi connectivity index (χ4v) is 1.85. The van der Waals surface area contributed by atoms with Crippen LogP contribution in [0, 0.1) is 0 Å². The molecule has 0 atom stereocenters. The van der Waals surface area contributed by atoms with E-state index < -0.39 is 0 Å². The molecule has 0 rings (SSSR count). The van der Waals surface area contributed by atoms with Gasteiger partial charge in [-0.15, -0.1) is 21.8 Å². The second-order valence-corrected chi connectivity index (χ2v) is 5.42. The van der Waals surface area contributed by atoms with Gasteiger partial charge in [0, 0.05) is 0 Å². The van der Waals surface area contributed by atoms with Crippen molar-refractivity contribution in [3.63, 3.8) is 0 Å². The molecule has 0 aliphatic rings. The van der Waals surface area contributed by atoms with E-state index in [0.29, 0.717) is 0 Å². The van der Waals surface area contributed by atoms with Gasteiger partial charge in [-0.3, -0.25) is 0 Å². The first kappa shape index (κ1) is 8.91. The van der Waals surface area contributed by atoms with E-state index in [0.717, 1.165) is 0 Å². The molecule has 0 radical (unpaired) electrons. The normalized spacial score (nSPS) is 12.0. The van der Waals surface area contributed by atoms with E-state index >= 15 is 0 Å². The summed E-state index contributed by atoms with van der Waals surface area (Å²) in [6, 6.07) is 0. The van der Waals surface area contributed by atoms with Crippen molar-refractivity contribution in [2.45, 2.75) is 19.8 Å². The molecule has 0 bridgehead atoms. The molecule has 0 aromatic carbocycles. The van der Waals surface area contributed by atoms with Gasteiger partial charge in [0.25, 0.3) is 0 Å². The first-order valence-corrected chi connectivity index (χ1v) is 8.80. The molecule has 0 aromatic rings. The molecule has 0 saturated heterocycles. The minimum Gasteiger partial charge on any atom is -0.323 e. The maximum Gasteiger partial charge on any atom is 0.165 e. The summed E-state index contributed by atoms with van der Waals surface area (Å²) < 4.78 is 2.46. The minimum absolute atomic E-state index is 0.121. The molecule has 0 fully saturated rings. The molecular weight excluding hydrogens is 229 g/mol. The van der Waals surface area contributed by atoms with Crippen molar-refractivity contribution in [1.82, 2.24) is 4.57 Å². The van der Waals surface area contributed by atoms with Crippen LogP contribution in [0.25, 0.3) is 0 Å². The summed E-state index contributed by atoms with van der Waals surface area (Å²) in [5.41, 5.74) is 0. The summed E-state index contributed by atoms with van der Waals surface area (Å²) in [7, 11) is 2.34. The average molecular weight is 243 g/mol. The standard InChI is InChI=1S/C5H14INSi/c1-3-4-5-7(2)8-6/h3-5,8H2,1-2H3. The topological polar surface area (TPSA) is 3.24 Å². The Bertz CT molecular complexity index is 51.7. The molecule has 3 heteroatoms. The Morgan fingerprint density at radius 2 is 2.25 bits per heavy atom. The van der Waals surface area contributed by atoms with Crippen molar-refractivity contribution in [2.75, 3.05) is 13.6 Å². The predicted molar refractivity (Wildman–Crippen MR) is 50.1 cm³/mol. The second-order valence-electron chi connectivity index (χ2n) is 2.05. The highest BCUT2D eigenvalue weighted by atomic mass is 127. The van der Waals surface area contributed by atoms with Gasteiger partial charge in [-0.2, -0.15) is 0 Å². The van der Waals surface area contributed by atoms with Crippen LogP contribution in [0.15, 0.2) is 0 Å². The van der Waals surface area contributed by atoms with E-state index in [1.165, 1.54) is 19.4 Å². The Balaban J connectivity index is 2.86. The van der Waals surface area contributed by atoms with Gasteiger partial charge in [0.05, 0.1) is 0 Å². The van der Waals surface area contributed by atoms with Crippen molar-refractivity contribution in [3.8, 4) is 0 Å². The van der Waals surface area contributed by atoms with Crippen molar-refractivity contribution >= 4 is 29.0 Å². The van der Waals surface area contributed by atoms with Gasteiger partial charge < -0.3 is 4.57 Å². The monoisotopic (exact) mass is 243 g/mol. The first-order valence-electron chi connectivity index (χ1n) is 3.05. The summed E-state index contributed by atoms with van der Waals surface area (Å²) in [6.07, 6.45) is 2.70. The van der Waals surface area contributed by atoms with E-state index in [4.69, 9.17) is 0 Å². The lowest BCUT2D eigenvalue weighted by molar-refractivity contribution is 0.519. The van der Waals surface area contributed by atoms with E-state index in [1.54, 1.807) is 0 Å². The van der Waals surface area contributed by atoms with Gasteiger partial charge in [-0.05, 0) is 20.0 Å². The van der Waals surface area contributed by atoms with Crippen LogP contribution in [0.1, 0.15) is 19.8 Å². The van der Waals surface area contributed by atoms with Crippen LogP contribution in [-0.4, -0.2) is 25.3 Å². The SMILES string of the molecule is CCCCN(C)[SiH2]I. The molecule has 0 N–H and O–H groups in total. The molecule has 0 aliphatic heterocycles. The zero-order chi connectivity index (χ0) is 6.41. The lowest BCUT2D eigenvalue weighted by Crippen LogP contribution is -2.19. The van der Waals surface area contributed by atoms with Crippen LogP contribution in [0.3, 0.4) is 0 Å². The highest BCUT2D eigenvalue weighted by molar-refractivity contribution is 14.1. The largest absolute Gasteiger partial charge is 0.323 e. The predicted octanol–water partition coefficient (Wildman–Crippen LogP) is 1.15. The third kappa shape index (κ3) is 5.05. The number of unbranched alkanes of at least 4 members (excludes halogenated alkanes) is 1. The Kier molecular flexibility index (Phi) is 6.72. The maximum absolute atomic E-state index is 2.52. The maximum atomic E-state index is 2.52. The van der Waals surface area contributed by atoms with Gasteiger partial charge in [0.1, 0.15) is 0 Å². The molecule has 0 heterocycles.